The fourth-order valence-electron chi connectivity index (χ4n) is 10.1. The van der Waals surface area contributed by atoms with Crippen LogP contribution in [0.1, 0.15) is 50.8 Å². The van der Waals surface area contributed by atoms with Gasteiger partial charge >= 0.3 is 0 Å². The van der Waals surface area contributed by atoms with Crippen molar-refractivity contribution >= 4 is 11.1 Å². The summed E-state index contributed by atoms with van der Waals surface area (Å²) in [5.41, 5.74) is 13.4. The third kappa shape index (κ3) is 8.16. The van der Waals surface area contributed by atoms with E-state index in [1.807, 2.05) is 54.6 Å². The molecular weight excluding hydrogens is 771 g/mol. The SMILES string of the molecule is C=C(/C=C\C1=C(C)COc2ccccc21)c1nc(C/C=C\C=C(/C)C2=C3C=C(/C=C\C(C)CC4=CC=C5C6C=CC=CC6C6=CC=CC4C65)OC3CC=C2)nc(-c2ccccc2)n1. The molecule has 6 unspecified atom stereocenters. The maximum Gasteiger partial charge on any atom is 0.163 e. The number of hydrogen-bond donors (Lipinski definition) is 0. The number of para-hydroxylation sites is 1. The van der Waals surface area contributed by atoms with Gasteiger partial charge in [-0.25, -0.2) is 15.0 Å². The summed E-state index contributed by atoms with van der Waals surface area (Å²) in [5.74, 6) is 6.07. The Balaban J connectivity index is 0.820. The van der Waals surface area contributed by atoms with E-state index in [9.17, 15) is 0 Å². The Hall–Kier alpha value is -6.85. The first-order valence-corrected chi connectivity index (χ1v) is 22.4. The van der Waals surface area contributed by atoms with Crippen LogP contribution in [0.15, 0.2) is 221 Å². The Kier molecular flexibility index (Phi) is 11.2. The molecule has 5 heteroatoms. The molecule has 3 aromatic rings. The van der Waals surface area contributed by atoms with E-state index in [-0.39, 0.29) is 6.10 Å². The molecule has 0 N–H and O–H groups in total. The Bertz CT molecular complexity index is 2810. The maximum absolute atomic E-state index is 6.52. The number of ether oxygens (including phenoxy) is 2. The minimum atomic E-state index is 0.0343. The van der Waals surface area contributed by atoms with Crippen LogP contribution in [0, 0.1) is 29.6 Å². The van der Waals surface area contributed by atoms with Gasteiger partial charge in [-0.2, -0.15) is 0 Å². The molecule has 2 aromatic carbocycles. The van der Waals surface area contributed by atoms with Crippen molar-refractivity contribution in [3.8, 4) is 17.1 Å². The molecule has 7 aliphatic rings. The summed E-state index contributed by atoms with van der Waals surface area (Å²) in [6.07, 6.45) is 45.4. The number of allylic oxidation sites excluding steroid dienone is 24. The molecular formula is C58H53N3O2. The van der Waals surface area contributed by atoms with Crippen LogP contribution in [0.3, 0.4) is 0 Å². The molecule has 3 heterocycles. The second kappa shape index (κ2) is 17.5. The van der Waals surface area contributed by atoms with Crippen LogP contribution in [-0.4, -0.2) is 27.7 Å². The van der Waals surface area contributed by atoms with Crippen LogP contribution in [0.4, 0.5) is 0 Å². The van der Waals surface area contributed by atoms with Gasteiger partial charge in [0.2, 0.25) is 0 Å². The second-order valence-corrected chi connectivity index (χ2v) is 17.6. The largest absolute Gasteiger partial charge is 0.489 e. The van der Waals surface area contributed by atoms with E-state index >= 15 is 0 Å². The van der Waals surface area contributed by atoms with Crippen LogP contribution >= 0.6 is 0 Å². The summed E-state index contributed by atoms with van der Waals surface area (Å²) >= 11 is 0. The lowest BCUT2D eigenvalue weighted by atomic mass is 9.72. The van der Waals surface area contributed by atoms with Crippen molar-refractivity contribution in [2.45, 2.75) is 46.1 Å². The highest BCUT2D eigenvalue weighted by Gasteiger charge is 2.46. The van der Waals surface area contributed by atoms with Crippen LogP contribution in [0.5, 0.6) is 5.75 Å². The van der Waals surface area contributed by atoms with Crippen LogP contribution < -0.4 is 4.74 Å². The van der Waals surface area contributed by atoms with E-state index in [1.54, 1.807) is 11.1 Å². The van der Waals surface area contributed by atoms with E-state index in [2.05, 4.69) is 143 Å². The molecule has 1 fully saturated rings. The van der Waals surface area contributed by atoms with Gasteiger partial charge in [0.1, 0.15) is 30.0 Å². The molecule has 0 saturated heterocycles. The summed E-state index contributed by atoms with van der Waals surface area (Å²) < 4.78 is 12.5. The van der Waals surface area contributed by atoms with Gasteiger partial charge in [0.05, 0.1) is 0 Å². The lowest BCUT2D eigenvalue weighted by molar-refractivity contribution is 0.177. The first kappa shape index (κ1) is 40.2. The summed E-state index contributed by atoms with van der Waals surface area (Å²) in [6.45, 7) is 11.5. The van der Waals surface area contributed by atoms with Crippen LogP contribution in [0.2, 0.25) is 0 Å². The fraction of sp³-hybridized carbons (Fsp3) is 0.224. The first-order valence-electron chi connectivity index (χ1n) is 22.4. The topological polar surface area (TPSA) is 57.1 Å². The van der Waals surface area contributed by atoms with Crippen molar-refractivity contribution in [1.82, 2.24) is 15.0 Å². The number of hydrogen-bond acceptors (Lipinski definition) is 5. The van der Waals surface area contributed by atoms with E-state index in [0.717, 1.165) is 52.2 Å². The smallest absolute Gasteiger partial charge is 0.163 e. The quantitative estimate of drug-likeness (QED) is 0.170. The lowest BCUT2D eigenvalue weighted by Gasteiger charge is -2.32. The van der Waals surface area contributed by atoms with Gasteiger partial charge in [-0.05, 0) is 66.7 Å². The van der Waals surface area contributed by atoms with Crippen molar-refractivity contribution < 1.29 is 9.47 Å². The number of nitrogens with zero attached hydrogens (tertiary/aromatic N) is 3. The zero-order chi connectivity index (χ0) is 42.9. The van der Waals surface area contributed by atoms with Crippen LogP contribution in [-0.2, 0) is 11.2 Å². The normalized spacial score (nSPS) is 24.7. The van der Waals surface area contributed by atoms with Crippen molar-refractivity contribution in [2.75, 3.05) is 6.61 Å². The van der Waals surface area contributed by atoms with E-state index < -0.39 is 0 Å². The first-order chi connectivity index (χ1) is 30.9. The fourth-order valence-corrected chi connectivity index (χ4v) is 10.1. The number of aromatic nitrogens is 3. The zero-order valence-corrected chi connectivity index (χ0v) is 36.3. The Morgan fingerprint density at radius 2 is 1.68 bits per heavy atom. The average Bonchev–Trinajstić information content (AvgIpc) is 3.90. The molecule has 1 aromatic heterocycles. The standard InChI is InChI=1S/C58H53N3O2/c1-37(34-42-30-33-51-48-20-10-9-19-47(48)50-24-14-23-46(42)56(50)51)28-31-43-35-52-44(22-15-26-54(52)63-43)38(2)16-8-13-27-55-59-57(61-58(60-55)41-17-6-5-7-18-41)39(3)29-32-45-40(4)36-62-53-25-12-11-21-49(45)53/h5-25,28-33,35,37,46-48,54,56H,3,26-27,34,36H2,1-2,4H3/b13-8-,31-28-,32-29-,38-16+. The van der Waals surface area contributed by atoms with Crippen molar-refractivity contribution in [3.05, 3.63) is 239 Å². The third-order valence-electron chi connectivity index (χ3n) is 13.3. The van der Waals surface area contributed by atoms with Crippen molar-refractivity contribution in [1.29, 1.82) is 0 Å². The highest BCUT2D eigenvalue weighted by Crippen LogP contribution is 2.56. The third-order valence-corrected chi connectivity index (χ3v) is 13.3. The van der Waals surface area contributed by atoms with Gasteiger partial charge in [-0.3, -0.25) is 0 Å². The highest BCUT2D eigenvalue weighted by atomic mass is 16.5. The Labute approximate surface area is 372 Å². The summed E-state index contributed by atoms with van der Waals surface area (Å²) in [5, 5.41) is 0. The Morgan fingerprint density at radius 1 is 0.889 bits per heavy atom. The summed E-state index contributed by atoms with van der Waals surface area (Å²) in [4.78, 5) is 14.7. The molecule has 10 rings (SSSR count). The molecule has 6 atom stereocenters. The molecule has 1 saturated carbocycles. The molecule has 0 radical (unpaired) electrons. The van der Waals surface area contributed by atoms with Gasteiger partial charge in [-0.1, -0.05) is 182 Å². The van der Waals surface area contributed by atoms with Gasteiger partial charge in [0.25, 0.3) is 0 Å². The van der Waals surface area contributed by atoms with Gasteiger partial charge in [0, 0.05) is 58.8 Å². The van der Waals surface area contributed by atoms with Crippen molar-refractivity contribution in [3.63, 3.8) is 0 Å². The highest BCUT2D eigenvalue weighted by molar-refractivity contribution is 5.84. The summed E-state index contributed by atoms with van der Waals surface area (Å²) in [7, 11) is 0. The van der Waals surface area contributed by atoms with E-state index in [1.165, 1.54) is 22.3 Å². The molecule has 63 heavy (non-hydrogen) atoms. The van der Waals surface area contributed by atoms with E-state index in [4.69, 9.17) is 24.4 Å². The molecule has 2 aliphatic heterocycles. The monoisotopic (exact) mass is 823 g/mol. The molecule has 5 nitrogen and oxygen atoms in total. The summed E-state index contributed by atoms with van der Waals surface area (Å²) in [6, 6.07) is 18.2. The average molecular weight is 824 g/mol. The van der Waals surface area contributed by atoms with E-state index in [0.29, 0.717) is 60.1 Å². The molecule has 0 bridgehead atoms. The zero-order valence-electron chi connectivity index (χ0n) is 36.3. The van der Waals surface area contributed by atoms with Gasteiger partial charge in [-0.15, -0.1) is 0 Å². The predicted octanol–water partition coefficient (Wildman–Crippen LogP) is 13.1. The maximum atomic E-state index is 6.52. The Morgan fingerprint density at radius 3 is 2.54 bits per heavy atom. The second-order valence-electron chi connectivity index (χ2n) is 17.6. The lowest BCUT2D eigenvalue weighted by Crippen LogP contribution is -2.22. The minimum Gasteiger partial charge on any atom is -0.489 e. The molecule has 0 spiro atoms. The molecule has 5 aliphatic carbocycles. The molecule has 0 amide bonds. The van der Waals surface area contributed by atoms with Gasteiger partial charge < -0.3 is 9.47 Å². The number of fused-ring (bicyclic) bond motifs is 5. The number of rotatable bonds is 12. The van der Waals surface area contributed by atoms with Crippen molar-refractivity contribution in [2.24, 2.45) is 29.6 Å². The predicted molar refractivity (Wildman–Crippen MR) is 257 cm³/mol. The van der Waals surface area contributed by atoms with Crippen LogP contribution in [0.25, 0.3) is 22.5 Å². The minimum absolute atomic E-state index is 0.0343. The van der Waals surface area contributed by atoms with Gasteiger partial charge in [0.15, 0.2) is 11.6 Å². The molecule has 312 valence electrons. The number of benzene rings is 2.